The van der Waals surface area contributed by atoms with Crippen LogP contribution in [0.3, 0.4) is 0 Å². The van der Waals surface area contributed by atoms with Gasteiger partial charge in [0.15, 0.2) is 0 Å². The highest BCUT2D eigenvalue weighted by molar-refractivity contribution is 9.09. The molecule has 9 atom stereocenters. The summed E-state index contributed by atoms with van der Waals surface area (Å²) in [6.45, 7) is 11.7. The number of nitrogens with zero attached hydrogens (tertiary/aromatic N) is 2. The third-order valence-electron chi connectivity index (χ3n) is 9.42. The molecule has 0 saturated carbocycles. The van der Waals surface area contributed by atoms with Gasteiger partial charge in [0.05, 0.1) is 43.2 Å². The largest absolute Gasteiger partial charge is 0.455 e. The van der Waals surface area contributed by atoms with Crippen LogP contribution in [0, 0.1) is 11.8 Å². The number of alkyl halides is 1. The number of benzene rings is 1. The molecular formula is C35H48BrN3O8. The lowest BCUT2D eigenvalue weighted by Crippen LogP contribution is -2.58. The number of carbonyl (C=O) groups excluding carboxylic acids is 4. The molecule has 1 aromatic carbocycles. The maximum Gasteiger partial charge on any atom is 0.313 e. The van der Waals surface area contributed by atoms with E-state index in [1.54, 1.807) is 36.1 Å². The molecule has 4 rings (SSSR count). The number of nitrogens with one attached hydrogen (secondary N) is 1. The van der Waals surface area contributed by atoms with Crippen molar-refractivity contribution in [3.05, 3.63) is 61.2 Å². The van der Waals surface area contributed by atoms with Crippen LogP contribution in [-0.4, -0.2) is 107 Å². The van der Waals surface area contributed by atoms with E-state index in [0.717, 1.165) is 12.8 Å². The van der Waals surface area contributed by atoms with Crippen molar-refractivity contribution in [3.8, 4) is 0 Å². The molecule has 1 aromatic rings. The molecule has 47 heavy (non-hydrogen) atoms. The number of amides is 3. The van der Waals surface area contributed by atoms with Crippen molar-refractivity contribution >= 4 is 39.6 Å². The van der Waals surface area contributed by atoms with Crippen molar-refractivity contribution in [2.75, 3.05) is 33.4 Å². The Morgan fingerprint density at radius 1 is 1.26 bits per heavy atom. The summed E-state index contributed by atoms with van der Waals surface area (Å²) in [6, 6.07) is 6.57. The number of fused-ring (bicyclic) bond motifs is 1. The minimum Gasteiger partial charge on any atom is -0.455 e. The number of aliphatic hydroxyl groups is 1. The number of carbonyl (C=O) groups is 4. The molecule has 12 heteroatoms. The number of halogens is 1. The highest BCUT2D eigenvalue weighted by Crippen LogP contribution is 2.61. The van der Waals surface area contributed by atoms with Crippen LogP contribution in [0.4, 0.5) is 0 Å². The van der Waals surface area contributed by atoms with E-state index >= 15 is 0 Å². The minimum absolute atomic E-state index is 0.0555. The number of esters is 1. The van der Waals surface area contributed by atoms with E-state index in [4.69, 9.17) is 14.2 Å². The second-order valence-electron chi connectivity index (χ2n) is 12.6. The first-order valence-electron chi connectivity index (χ1n) is 16.4. The standard InChI is InChI=1S/C35H48BrN3O8/c1-6-9-16-26(41)37-25(21-45-5)29(23-14-12-11-13-15-23)46-34(44)27-28-32(42)39(22(4)20-40)31(35(28)19-24(36)30(27)47-35)33(43)38(17-8-3)18-10-7-2/h6,8,11-15,22,24-25,27-31,40H,1,3,7,9-10,16-21H2,2,4-5H3,(H,37,41)/t22-,24?,25+,27+,28-,29+,30+,31+,35-/m1/s1. The number of hydrogen-bond acceptors (Lipinski definition) is 8. The zero-order valence-corrected chi connectivity index (χ0v) is 29.1. The Morgan fingerprint density at radius 3 is 2.60 bits per heavy atom. The van der Waals surface area contributed by atoms with Gasteiger partial charge in [-0.2, -0.15) is 0 Å². The third kappa shape index (κ3) is 7.35. The average molecular weight is 719 g/mol. The summed E-state index contributed by atoms with van der Waals surface area (Å²) in [6.07, 6.45) is 4.26. The first-order chi connectivity index (χ1) is 22.6. The number of unbranched alkanes of at least 4 members (excludes halogenated alkanes) is 1. The fourth-order valence-corrected chi connectivity index (χ4v) is 8.22. The van der Waals surface area contributed by atoms with Crippen molar-refractivity contribution in [1.82, 2.24) is 15.1 Å². The van der Waals surface area contributed by atoms with Gasteiger partial charge in [-0.15, -0.1) is 13.2 Å². The number of ether oxygens (including phenoxy) is 3. The van der Waals surface area contributed by atoms with E-state index in [1.807, 2.05) is 25.1 Å². The number of likely N-dealkylation sites (tertiary alicyclic amines) is 1. The topological polar surface area (TPSA) is 135 Å². The minimum atomic E-state index is -1.31. The predicted octanol–water partition coefficient (Wildman–Crippen LogP) is 3.31. The van der Waals surface area contributed by atoms with E-state index in [0.29, 0.717) is 24.9 Å². The van der Waals surface area contributed by atoms with Crippen LogP contribution in [0.15, 0.2) is 55.6 Å². The fraction of sp³-hybridized carbons (Fsp3) is 0.600. The van der Waals surface area contributed by atoms with Gasteiger partial charge in [0.1, 0.15) is 17.7 Å². The van der Waals surface area contributed by atoms with Gasteiger partial charge < -0.3 is 34.4 Å². The highest BCUT2D eigenvalue weighted by atomic mass is 79.9. The molecule has 2 bridgehead atoms. The lowest BCUT2D eigenvalue weighted by atomic mass is 9.70. The van der Waals surface area contributed by atoms with E-state index in [1.165, 1.54) is 12.0 Å². The zero-order valence-electron chi connectivity index (χ0n) is 27.5. The van der Waals surface area contributed by atoms with Gasteiger partial charge >= 0.3 is 5.97 Å². The third-order valence-corrected chi connectivity index (χ3v) is 10.3. The van der Waals surface area contributed by atoms with Crippen LogP contribution in [0.1, 0.15) is 57.6 Å². The normalized spacial score (nSPS) is 27.9. The summed E-state index contributed by atoms with van der Waals surface area (Å²) in [7, 11) is 1.50. The highest BCUT2D eigenvalue weighted by Gasteiger charge is 2.77. The molecular weight excluding hydrogens is 670 g/mol. The number of hydrogen-bond donors (Lipinski definition) is 2. The molecule has 3 aliphatic heterocycles. The first-order valence-corrected chi connectivity index (χ1v) is 17.3. The van der Waals surface area contributed by atoms with Crippen molar-refractivity contribution in [3.63, 3.8) is 0 Å². The van der Waals surface area contributed by atoms with Gasteiger partial charge in [0.25, 0.3) is 0 Å². The zero-order chi connectivity index (χ0) is 34.3. The summed E-state index contributed by atoms with van der Waals surface area (Å²) < 4.78 is 18.3. The Bertz CT molecular complexity index is 1300. The van der Waals surface area contributed by atoms with E-state index < -0.39 is 59.6 Å². The molecule has 3 heterocycles. The molecule has 2 N–H and O–H groups in total. The molecule has 1 spiro atoms. The summed E-state index contributed by atoms with van der Waals surface area (Å²) in [5.74, 6) is -3.69. The SMILES string of the molecule is C=CCCC(=O)N[C@@H](COC)[C@@H](OC(=O)[C@@H]1[C@H]2O[C@@]3(CC2Br)[C@H](C(=O)N(CC=C)CCCC)N([C@H](C)CO)C(=O)[C@@H]13)c1ccccc1. The molecule has 3 aliphatic rings. The van der Waals surface area contributed by atoms with E-state index in [-0.39, 0.29) is 42.8 Å². The van der Waals surface area contributed by atoms with Crippen molar-refractivity contribution in [1.29, 1.82) is 0 Å². The molecule has 3 saturated heterocycles. The number of rotatable bonds is 18. The summed E-state index contributed by atoms with van der Waals surface area (Å²) in [5, 5.41) is 13.2. The van der Waals surface area contributed by atoms with Gasteiger partial charge in [-0.1, -0.05) is 71.8 Å². The van der Waals surface area contributed by atoms with Gasteiger partial charge in [-0.25, -0.2) is 0 Å². The van der Waals surface area contributed by atoms with Crippen LogP contribution in [0.5, 0.6) is 0 Å². The lowest BCUT2D eigenvalue weighted by molar-refractivity contribution is -0.163. The molecule has 1 unspecified atom stereocenters. The Hall–Kier alpha value is -3.06. The molecule has 0 aliphatic carbocycles. The molecule has 0 radical (unpaired) electrons. The predicted molar refractivity (Wildman–Crippen MR) is 179 cm³/mol. The number of aliphatic hydroxyl groups excluding tert-OH is 1. The van der Waals surface area contributed by atoms with Crippen molar-refractivity contribution in [2.24, 2.45) is 11.8 Å². The smallest absolute Gasteiger partial charge is 0.313 e. The average Bonchev–Trinajstić information content (AvgIpc) is 3.67. The summed E-state index contributed by atoms with van der Waals surface area (Å²) in [5.41, 5.74) is -0.669. The maximum absolute atomic E-state index is 14.4. The van der Waals surface area contributed by atoms with Gasteiger partial charge in [-0.3, -0.25) is 19.2 Å². The quantitative estimate of drug-likeness (QED) is 0.134. The van der Waals surface area contributed by atoms with Crippen LogP contribution in [-0.2, 0) is 33.4 Å². The molecule has 258 valence electrons. The Kier molecular flexibility index (Phi) is 12.8. The fourth-order valence-electron chi connectivity index (χ4n) is 7.27. The second kappa shape index (κ2) is 16.4. The van der Waals surface area contributed by atoms with E-state index in [9.17, 15) is 24.3 Å². The second-order valence-corrected chi connectivity index (χ2v) is 13.8. The molecule has 11 nitrogen and oxygen atoms in total. The van der Waals surface area contributed by atoms with Crippen LogP contribution in [0.2, 0.25) is 0 Å². The maximum atomic E-state index is 14.4. The molecule has 0 aromatic heterocycles. The van der Waals surface area contributed by atoms with Crippen LogP contribution in [0.25, 0.3) is 0 Å². The van der Waals surface area contributed by atoms with Crippen LogP contribution < -0.4 is 5.32 Å². The summed E-state index contributed by atoms with van der Waals surface area (Å²) >= 11 is 3.70. The van der Waals surface area contributed by atoms with E-state index in [2.05, 4.69) is 34.4 Å². The Balaban J connectivity index is 1.72. The monoisotopic (exact) mass is 717 g/mol. The number of methoxy groups -OCH3 is 1. The lowest BCUT2D eigenvalue weighted by Gasteiger charge is -2.38. The Labute approximate surface area is 285 Å². The first kappa shape index (κ1) is 36.8. The number of allylic oxidation sites excluding steroid dienone is 1. The summed E-state index contributed by atoms with van der Waals surface area (Å²) in [4.78, 5) is 58.7. The van der Waals surface area contributed by atoms with Gasteiger partial charge in [0.2, 0.25) is 17.7 Å². The van der Waals surface area contributed by atoms with Gasteiger partial charge in [-0.05, 0) is 31.7 Å². The molecule has 3 fully saturated rings. The van der Waals surface area contributed by atoms with Crippen molar-refractivity contribution < 1.29 is 38.5 Å². The van der Waals surface area contributed by atoms with Crippen LogP contribution >= 0.6 is 15.9 Å². The molecule has 3 amide bonds. The van der Waals surface area contributed by atoms with Gasteiger partial charge in [0, 0.05) is 31.4 Å². The Morgan fingerprint density at radius 2 is 1.98 bits per heavy atom. The van der Waals surface area contributed by atoms with Crippen molar-refractivity contribution in [2.45, 2.75) is 86.7 Å².